The SMILES string of the molecule is Nc1cccc(-c2cccc(OCc3ccccc3)c2)n1. The van der Waals surface area contributed by atoms with Crippen LogP contribution in [0.1, 0.15) is 5.56 Å². The molecule has 104 valence electrons. The number of nitrogens with zero attached hydrogens (tertiary/aromatic N) is 1. The number of anilines is 1. The number of pyridine rings is 1. The number of hydrogen-bond acceptors (Lipinski definition) is 3. The zero-order valence-corrected chi connectivity index (χ0v) is 11.6. The molecule has 0 unspecified atom stereocenters. The Morgan fingerprint density at radius 3 is 2.48 bits per heavy atom. The summed E-state index contributed by atoms with van der Waals surface area (Å²) in [5, 5.41) is 0. The van der Waals surface area contributed by atoms with Gasteiger partial charge in [0.2, 0.25) is 0 Å². The molecule has 1 aromatic heterocycles. The second-order valence-corrected chi connectivity index (χ2v) is 4.75. The van der Waals surface area contributed by atoms with Gasteiger partial charge in [-0.25, -0.2) is 4.98 Å². The first kappa shape index (κ1) is 13.2. The van der Waals surface area contributed by atoms with Crippen molar-refractivity contribution in [2.24, 2.45) is 0 Å². The van der Waals surface area contributed by atoms with E-state index in [4.69, 9.17) is 10.5 Å². The van der Waals surface area contributed by atoms with Gasteiger partial charge in [0.15, 0.2) is 0 Å². The van der Waals surface area contributed by atoms with E-state index in [0.717, 1.165) is 22.6 Å². The van der Waals surface area contributed by atoms with Crippen molar-refractivity contribution in [1.29, 1.82) is 0 Å². The summed E-state index contributed by atoms with van der Waals surface area (Å²) in [7, 11) is 0. The highest BCUT2D eigenvalue weighted by Gasteiger charge is 2.02. The Morgan fingerprint density at radius 2 is 1.67 bits per heavy atom. The van der Waals surface area contributed by atoms with Gasteiger partial charge in [0.25, 0.3) is 0 Å². The van der Waals surface area contributed by atoms with Crippen molar-refractivity contribution in [3.63, 3.8) is 0 Å². The third-order valence-electron chi connectivity index (χ3n) is 3.15. The van der Waals surface area contributed by atoms with Crippen LogP contribution in [0, 0.1) is 0 Å². The predicted molar refractivity (Wildman–Crippen MR) is 84.9 cm³/mol. The summed E-state index contributed by atoms with van der Waals surface area (Å²) in [6.45, 7) is 0.550. The molecule has 0 saturated carbocycles. The van der Waals surface area contributed by atoms with Crippen LogP contribution >= 0.6 is 0 Å². The van der Waals surface area contributed by atoms with Crippen LogP contribution in [-0.2, 0) is 6.61 Å². The standard InChI is InChI=1S/C18H16N2O/c19-18-11-5-10-17(20-18)15-8-4-9-16(12-15)21-13-14-6-2-1-3-7-14/h1-12H,13H2,(H2,19,20). The molecule has 0 aliphatic rings. The first-order chi connectivity index (χ1) is 10.3. The largest absolute Gasteiger partial charge is 0.489 e. The molecule has 0 aliphatic carbocycles. The molecule has 3 aromatic rings. The average Bonchev–Trinajstić information content (AvgIpc) is 2.54. The van der Waals surface area contributed by atoms with E-state index in [-0.39, 0.29) is 0 Å². The second-order valence-electron chi connectivity index (χ2n) is 4.75. The Hall–Kier alpha value is -2.81. The lowest BCUT2D eigenvalue weighted by molar-refractivity contribution is 0.306. The average molecular weight is 276 g/mol. The highest BCUT2D eigenvalue weighted by molar-refractivity contribution is 5.62. The van der Waals surface area contributed by atoms with E-state index in [0.29, 0.717) is 12.4 Å². The van der Waals surface area contributed by atoms with Gasteiger partial charge in [-0.05, 0) is 29.8 Å². The molecular formula is C18H16N2O. The topological polar surface area (TPSA) is 48.1 Å². The fourth-order valence-electron chi connectivity index (χ4n) is 2.10. The molecule has 0 spiro atoms. The molecule has 0 saturated heterocycles. The fraction of sp³-hybridized carbons (Fsp3) is 0.0556. The molecular weight excluding hydrogens is 260 g/mol. The van der Waals surface area contributed by atoms with Gasteiger partial charge in [0.1, 0.15) is 18.2 Å². The van der Waals surface area contributed by atoms with Gasteiger partial charge in [-0.3, -0.25) is 0 Å². The number of nitrogens with two attached hydrogens (primary N) is 1. The number of benzene rings is 2. The summed E-state index contributed by atoms with van der Waals surface area (Å²) in [6.07, 6.45) is 0. The van der Waals surface area contributed by atoms with Crippen molar-refractivity contribution < 1.29 is 4.74 Å². The molecule has 3 nitrogen and oxygen atoms in total. The maximum absolute atomic E-state index is 5.83. The first-order valence-electron chi connectivity index (χ1n) is 6.81. The third-order valence-corrected chi connectivity index (χ3v) is 3.15. The quantitative estimate of drug-likeness (QED) is 0.786. The van der Waals surface area contributed by atoms with Crippen LogP contribution in [-0.4, -0.2) is 4.98 Å². The van der Waals surface area contributed by atoms with Crippen molar-refractivity contribution in [1.82, 2.24) is 4.98 Å². The van der Waals surface area contributed by atoms with Crippen molar-refractivity contribution in [2.45, 2.75) is 6.61 Å². The zero-order chi connectivity index (χ0) is 14.5. The molecule has 0 aliphatic heterocycles. The fourth-order valence-corrected chi connectivity index (χ4v) is 2.10. The van der Waals surface area contributed by atoms with Gasteiger partial charge in [0.05, 0.1) is 5.69 Å². The van der Waals surface area contributed by atoms with Gasteiger partial charge in [-0.15, -0.1) is 0 Å². The molecule has 3 heteroatoms. The molecule has 3 rings (SSSR count). The van der Waals surface area contributed by atoms with Gasteiger partial charge < -0.3 is 10.5 Å². The van der Waals surface area contributed by atoms with Crippen molar-refractivity contribution in [3.8, 4) is 17.0 Å². The number of nitrogen functional groups attached to an aromatic ring is 1. The Balaban J connectivity index is 1.77. The van der Waals surface area contributed by atoms with E-state index in [1.165, 1.54) is 0 Å². The third kappa shape index (κ3) is 3.39. The Labute approximate surface area is 124 Å². The van der Waals surface area contributed by atoms with Crippen LogP contribution in [0.4, 0.5) is 5.82 Å². The lowest BCUT2D eigenvalue weighted by atomic mass is 10.1. The minimum atomic E-state index is 0.517. The van der Waals surface area contributed by atoms with E-state index in [9.17, 15) is 0 Å². The maximum Gasteiger partial charge on any atom is 0.124 e. The van der Waals surface area contributed by atoms with Crippen LogP contribution in [0.2, 0.25) is 0 Å². The summed E-state index contributed by atoms with van der Waals surface area (Å²) in [4.78, 5) is 4.33. The normalized spacial score (nSPS) is 10.3. The molecule has 1 heterocycles. The lowest BCUT2D eigenvalue weighted by Crippen LogP contribution is -1.95. The first-order valence-corrected chi connectivity index (χ1v) is 6.81. The molecule has 2 aromatic carbocycles. The van der Waals surface area contributed by atoms with E-state index in [1.54, 1.807) is 6.07 Å². The maximum atomic E-state index is 5.83. The summed E-state index contributed by atoms with van der Waals surface area (Å²) in [5.74, 6) is 1.34. The molecule has 21 heavy (non-hydrogen) atoms. The minimum Gasteiger partial charge on any atom is -0.489 e. The molecule has 2 N–H and O–H groups in total. The van der Waals surface area contributed by atoms with E-state index >= 15 is 0 Å². The van der Waals surface area contributed by atoms with Gasteiger partial charge in [0, 0.05) is 5.56 Å². The summed E-state index contributed by atoms with van der Waals surface area (Å²) in [5.41, 5.74) is 8.71. The highest BCUT2D eigenvalue weighted by atomic mass is 16.5. The van der Waals surface area contributed by atoms with Gasteiger partial charge in [-0.2, -0.15) is 0 Å². The van der Waals surface area contributed by atoms with E-state index in [1.807, 2.05) is 66.7 Å². The molecule has 0 atom stereocenters. The minimum absolute atomic E-state index is 0.517. The van der Waals surface area contributed by atoms with Crippen LogP contribution in [0.5, 0.6) is 5.75 Å². The number of rotatable bonds is 4. The molecule has 0 radical (unpaired) electrons. The van der Waals surface area contributed by atoms with Crippen LogP contribution in [0.3, 0.4) is 0 Å². The summed E-state index contributed by atoms with van der Waals surface area (Å²) >= 11 is 0. The number of aromatic nitrogens is 1. The van der Waals surface area contributed by atoms with Gasteiger partial charge in [-0.1, -0.05) is 48.5 Å². The number of hydrogen-bond donors (Lipinski definition) is 1. The predicted octanol–water partition coefficient (Wildman–Crippen LogP) is 3.91. The highest BCUT2D eigenvalue weighted by Crippen LogP contribution is 2.23. The van der Waals surface area contributed by atoms with Crippen molar-refractivity contribution in [2.75, 3.05) is 5.73 Å². The zero-order valence-electron chi connectivity index (χ0n) is 11.6. The Morgan fingerprint density at radius 1 is 0.857 bits per heavy atom. The van der Waals surface area contributed by atoms with Crippen molar-refractivity contribution >= 4 is 5.82 Å². The Kier molecular flexibility index (Phi) is 3.83. The van der Waals surface area contributed by atoms with Crippen LogP contribution in [0.25, 0.3) is 11.3 Å². The molecule has 0 amide bonds. The molecule has 0 bridgehead atoms. The van der Waals surface area contributed by atoms with Gasteiger partial charge >= 0.3 is 0 Å². The summed E-state index contributed by atoms with van der Waals surface area (Å²) < 4.78 is 5.83. The second kappa shape index (κ2) is 6.09. The smallest absolute Gasteiger partial charge is 0.124 e. The van der Waals surface area contributed by atoms with E-state index < -0.39 is 0 Å². The van der Waals surface area contributed by atoms with Crippen LogP contribution < -0.4 is 10.5 Å². The van der Waals surface area contributed by atoms with E-state index in [2.05, 4.69) is 4.98 Å². The molecule has 0 fully saturated rings. The van der Waals surface area contributed by atoms with Crippen LogP contribution in [0.15, 0.2) is 72.8 Å². The monoisotopic (exact) mass is 276 g/mol. The summed E-state index contributed by atoms with van der Waals surface area (Å²) in [6, 6.07) is 23.6. The lowest BCUT2D eigenvalue weighted by Gasteiger charge is -2.08. The Bertz CT molecular complexity index is 726. The van der Waals surface area contributed by atoms with Crippen molar-refractivity contribution in [3.05, 3.63) is 78.4 Å². The number of ether oxygens (including phenoxy) is 1.